The molecule has 3 atom stereocenters. The van der Waals surface area contributed by atoms with Crippen molar-refractivity contribution in [1.82, 2.24) is 5.32 Å². The van der Waals surface area contributed by atoms with Crippen molar-refractivity contribution in [3.63, 3.8) is 0 Å². The summed E-state index contributed by atoms with van der Waals surface area (Å²) >= 11 is 1.20. The summed E-state index contributed by atoms with van der Waals surface area (Å²) in [5, 5.41) is 16.4. The molecular formula is C12H14N2O4S. The van der Waals surface area contributed by atoms with Crippen LogP contribution in [0.3, 0.4) is 0 Å². The van der Waals surface area contributed by atoms with E-state index in [-0.39, 0.29) is 29.8 Å². The van der Waals surface area contributed by atoms with Gasteiger partial charge in [0.25, 0.3) is 0 Å². The maximum absolute atomic E-state index is 11.9. The van der Waals surface area contributed by atoms with E-state index in [2.05, 4.69) is 10.6 Å². The van der Waals surface area contributed by atoms with Crippen molar-refractivity contribution in [3.8, 4) is 0 Å². The van der Waals surface area contributed by atoms with Crippen molar-refractivity contribution >= 4 is 28.3 Å². The second-order valence-corrected chi connectivity index (χ2v) is 5.70. The number of carboxylic acid groups (broad SMARTS) is 1. The second kappa shape index (κ2) is 4.82. The molecule has 0 aromatic carbocycles. The van der Waals surface area contributed by atoms with E-state index in [1.165, 1.54) is 17.4 Å². The van der Waals surface area contributed by atoms with Gasteiger partial charge in [0.05, 0.1) is 23.8 Å². The Hall–Kier alpha value is -1.60. The summed E-state index contributed by atoms with van der Waals surface area (Å²) in [7, 11) is 0. The lowest BCUT2D eigenvalue weighted by atomic mass is 9.96. The summed E-state index contributed by atoms with van der Waals surface area (Å²) in [6.07, 6.45) is 3.27. The topological polar surface area (TPSA) is 87.7 Å². The van der Waals surface area contributed by atoms with E-state index < -0.39 is 5.97 Å². The van der Waals surface area contributed by atoms with Crippen molar-refractivity contribution in [2.75, 3.05) is 5.32 Å². The number of nitrogens with one attached hydrogen (secondary N) is 2. The number of aromatic carboxylic acids is 1. The van der Waals surface area contributed by atoms with Crippen LogP contribution in [-0.4, -0.2) is 35.4 Å². The van der Waals surface area contributed by atoms with Crippen molar-refractivity contribution < 1.29 is 19.4 Å². The van der Waals surface area contributed by atoms with Crippen molar-refractivity contribution in [3.05, 3.63) is 17.0 Å². The van der Waals surface area contributed by atoms with Crippen molar-refractivity contribution in [1.29, 1.82) is 0 Å². The minimum absolute atomic E-state index is 0.0343. The quantitative estimate of drug-likeness (QED) is 0.790. The molecule has 1 aromatic heterocycles. The number of thiophene rings is 1. The highest BCUT2D eigenvalue weighted by Crippen LogP contribution is 2.34. The van der Waals surface area contributed by atoms with Gasteiger partial charge >= 0.3 is 12.0 Å². The molecule has 0 radical (unpaired) electrons. The molecule has 19 heavy (non-hydrogen) atoms. The van der Waals surface area contributed by atoms with Crippen LogP contribution in [0.25, 0.3) is 0 Å². The predicted octanol–water partition coefficient (Wildman–Crippen LogP) is 1.89. The monoisotopic (exact) mass is 282 g/mol. The predicted molar refractivity (Wildman–Crippen MR) is 69.7 cm³/mol. The number of carbonyl (C=O) groups is 2. The van der Waals surface area contributed by atoms with Gasteiger partial charge in [0.2, 0.25) is 0 Å². The Balaban J connectivity index is 1.59. The maximum atomic E-state index is 11.9. The smallest absolute Gasteiger partial charge is 0.338 e. The van der Waals surface area contributed by atoms with Gasteiger partial charge in [0.1, 0.15) is 5.00 Å². The average molecular weight is 282 g/mol. The first-order chi connectivity index (χ1) is 9.13. The fourth-order valence-corrected chi connectivity index (χ4v) is 3.45. The van der Waals surface area contributed by atoms with Crippen LogP contribution in [0.2, 0.25) is 0 Å². The lowest BCUT2D eigenvalue weighted by molar-refractivity contribution is 0.0698. The highest BCUT2D eigenvalue weighted by molar-refractivity contribution is 7.14. The molecule has 1 aromatic rings. The lowest BCUT2D eigenvalue weighted by Crippen LogP contribution is -2.43. The highest BCUT2D eigenvalue weighted by atomic mass is 32.1. The number of hydrogen-bond acceptors (Lipinski definition) is 4. The zero-order chi connectivity index (χ0) is 13.4. The zero-order valence-electron chi connectivity index (χ0n) is 10.1. The molecule has 2 aliphatic heterocycles. The number of rotatable bonds is 3. The highest BCUT2D eigenvalue weighted by Gasteiger charge is 2.41. The second-order valence-electron chi connectivity index (χ2n) is 4.78. The fourth-order valence-electron chi connectivity index (χ4n) is 2.67. The molecular weight excluding hydrogens is 268 g/mol. The molecule has 3 unspecified atom stereocenters. The summed E-state index contributed by atoms with van der Waals surface area (Å²) in [6.45, 7) is 0. The van der Waals surface area contributed by atoms with Crippen LogP contribution < -0.4 is 10.6 Å². The largest absolute Gasteiger partial charge is 0.478 e. The van der Waals surface area contributed by atoms with Gasteiger partial charge in [-0.2, -0.15) is 0 Å². The Kier molecular flexibility index (Phi) is 3.16. The van der Waals surface area contributed by atoms with Gasteiger partial charge in [-0.25, -0.2) is 9.59 Å². The summed E-state index contributed by atoms with van der Waals surface area (Å²) in [5.41, 5.74) is 0.115. The molecule has 2 fully saturated rings. The molecule has 2 saturated heterocycles. The number of ether oxygens (including phenoxy) is 1. The molecule has 3 heterocycles. The van der Waals surface area contributed by atoms with Gasteiger partial charge in [-0.05, 0) is 30.7 Å². The minimum Gasteiger partial charge on any atom is -0.478 e. The minimum atomic E-state index is -1.04. The normalized spacial score (nSPS) is 28.3. The molecule has 0 spiro atoms. The molecule has 2 aliphatic rings. The van der Waals surface area contributed by atoms with Gasteiger partial charge in [-0.15, -0.1) is 11.3 Å². The van der Waals surface area contributed by atoms with Gasteiger partial charge in [-0.1, -0.05) is 0 Å². The molecule has 0 saturated carbocycles. The van der Waals surface area contributed by atoms with Gasteiger partial charge < -0.3 is 15.2 Å². The Labute approximate surface area is 113 Å². The van der Waals surface area contributed by atoms with Gasteiger partial charge in [-0.3, -0.25) is 5.32 Å². The summed E-state index contributed by atoms with van der Waals surface area (Å²) < 4.78 is 5.65. The van der Waals surface area contributed by atoms with Crippen LogP contribution in [0.4, 0.5) is 9.80 Å². The number of amides is 2. The van der Waals surface area contributed by atoms with Crippen LogP contribution in [0.15, 0.2) is 11.4 Å². The third kappa shape index (κ3) is 2.43. The van der Waals surface area contributed by atoms with Gasteiger partial charge in [0, 0.05) is 0 Å². The Morgan fingerprint density at radius 3 is 2.89 bits per heavy atom. The van der Waals surface area contributed by atoms with Gasteiger partial charge in [0.15, 0.2) is 0 Å². The first-order valence-corrected chi connectivity index (χ1v) is 7.05. The first-order valence-electron chi connectivity index (χ1n) is 6.17. The van der Waals surface area contributed by atoms with Crippen LogP contribution in [0.5, 0.6) is 0 Å². The summed E-state index contributed by atoms with van der Waals surface area (Å²) in [5.74, 6) is -1.04. The molecule has 6 nitrogen and oxygen atoms in total. The Bertz CT molecular complexity index is 516. The Morgan fingerprint density at radius 1 is 1.42 bits per heavy atom. The van der Waals surface area contributed by atoms with E-state index in [4.69, 9.17) is 9.84 Å². The number of carbonyl (C=O) groups excluding carboxylic acids is 1. The standard InChI is InChI=1S/C12H14N2O4S/c15-11(16)7-3-4-19-10(7)14-12(17)13-8-5-6-1-2-9(8)18-6/h3-4,6,8-9H,1-2,5H2,(H,15,16)(H2,13,14,17). The summed E-state index contributed by atoms with van der Waals surface area (Å²) in [4.78, 5) is 22.8. The fraction of sp³-hybridized carbons (Fsp3) is 0.500. The Morgan fingerprint density at radius 2 is 2.26 bits per heavy atom. The molecule has 7 heteroatoms. The maximum Gasteiger partial charge on any atom is 0.338 e. The average Bonchev–Trinajstić information content (AvgIpc) is 3.03. The third-order valence-corrected chi connectivity index (χ3v) is 4.38. The first kappa shape index (κ1) is 12.4. The van der Waals surface area contributed by atoms with E-state index in [9.17, 15) is 9.59 Å². The van der Waals surface area contributed by atoms with Crippen molar-refractivity contribution in [2.24, 2.45) is 0 Å². The number of hydrogen-bond donors (Lipinski definition) is 3. The molecule has 102 valence electrons. The number of urea groups is 1. The molecule has 0 aliphatic carbocycles. The van der Waals surface area contributed by atoms with Crippen LogP contribution in [0, 0.1) is 0 Å². The van der Waals surface area contributed by atoms with E-state index >= 15 is 0 Å². The van der Waals surface area contributed by atoms with Crippen LogP contribution in [-0.2, 0) is 4.74 Å². The number of carboxylic acids is 1. The number of anilines is 1. The zero-order valence-corrected chi connectivity index (χ0v) is 10.9. The van der Waals surface area contributed by atoms with E-state index in [1.807, 2.05) is 0 Å². The molecule has 3 rings (SSSR count). The van der Waals surface area contributed by atoms with E-state index in [1.54, 1.807) is 5.38 Å². The third-order valence-electron chi connectivity index (χ3n) is 3.55. The SMILES string of the molecule is O=C(Nc1sccc1C(=O)O)NC1CC2CCC1O2. The van der Waals surface area contributed by atoms with Crippen LogP contribution in [0.1, 0.15) is 29.6 Å². The molecule has 2 bridgehead atoms. The number of fused-ring (bicyclic) bond motifs is 2. The molecule has 2 amide bonds. The van der Waals surface area contributed by atoms with E-state index in [0.29, 0.717) is 5.00 Å². The van der Waals surface area contributed by atoms with Crippen LogP contribution >= 0.6 is 11.3 Å². The molecule has 3 N–H and O–H groups in total. The summed E-state index contributed by atoms with van der Waals surface area (Å²) in [6, 6.07) is 1.14. The van der Waals surface area contributed by atoms with E-state index in [0.717, 1.165) is 19.3 Å². The lowest BCUT2D eigenvalue weighted by Gasteiger charge is -2.20. The van der Waals surface area contributed by atoms with Crippen molar-refractivity contribution in [2.45, 2.75) is 37.5 Å².